The summed E-state index contributed by atoms with van der Waals surface area (Å²) in [5, 5.41) is 1.57. The quantitative estimate of drug-likeness (QED) is 0.680. The van der Waals surface area contributed by atoms with Crippen LogP contribution >= 0.6 is 24.0 Å². The van der Waals surface area contributed by atoms with Crippen LogP contribution in [-0.2, 0) is 4.79 Å². The van der Waals surface area contributed by atoms with Gasteiger partial charge in [0.05, 0.1) is 5.75 Å². The van der Waals surface area contributed by atoms with Gasteiger partial charge < -0.3 is 0 Å². The van der Waals surface area contributed by atoms with Gasteiger partial charge in [-0.05, 0) is 26.0 Å². The molecule has 1 saturated heterocycles. The molecule has 0 atom stereocenters. The number of thioether (sulfide) groups is 1. The normalized spacial score (nSPS) is 16.9. The van der Waals surface area contributed by atoms with Crippen LogP contribution in [0.3, 0.4) is 0 Å². The van der Waals surface area contributed by atoms with Gasteiger partial charge in [0.2, 0.25) is 0 Å². The molecule has 0 radical (unpaired) electrons. The highest BCUT2D eigenvalue weighted by atomic mass is 32.2. The van der Waals surface area contributed by atoms with Gasteiger partial charge in [0.25, 0.3) is 5.91 Å². The number of hydrogen-bond donors (Lipinski definition) is 0. The Labute approximate surface area is 92.0 Å². The summed E-state index contributed by atoms with van der Waals surface area (Å²) in [6.45, 7) is 3.93. The molecule has 14 heavy (non-hydrogen) atoms. The van der Waals surface area contributed by atoms with Gasteiger partial charge in [-0.15, -0.1) is 0 Å². The number of nitrogens with zero attached hydrogens (tertiary/aromatic N) is 2. The Kier molecular flexibility index (Phi) is 2.36. The maximum absolute atomic E-state index is 11.6. The van der Waals surface area contributed by atoms with E-state index in [0.717, 1.165) is 11.4 Å². The van der Waals surface area contributed by atoms with Crippen molar-refractivity contribution in [1.82, 2.24) is 4.68 Å². The second kappa shape index (κ2) is 3.40. The molecule has 1 aliphatic heterocycles. The zero-order valence-electron chi connectivity index (χ0n) is 7.98. The van der Waals surface area contributed by atoms with Gasteiger partial charge in [-0.2, -0.15) is 5.01 Å². The van der Waals surface area contributed by atoms with Crippen LogP contribution < -0.4 is 5.01 Å². The first-order valence-corrected chi connectivity index (χ1v) is 5.65. The van der Waals surface area contributed by atoms with Gasteiger partial charge in [0.15, 0.2) is 4.32 Å². The molecule has 2 rings (SSSR count). The van der Waals surface area contributed by atoms with E-state index in [4.69, 9.17) is 12.2 Å². The summed E-state index contributed by atoms with van der Waals surface area (Å²) >= 11 is 6.55. The average molecular weight is 226 g/mol. The van der Waals surface area contributed by atoms with Crippen LogP contribution in [-0.4, -0.2) is 20.7 Å². The number of carbonyl (C=O) groups excluding carboxylic acids is 1. The second-order valence-corrected chi connectivity index (χ2v) is 4.80. The molecule has 1 amide bonds. The van der Waals surface area contributed by atoms with Crippen molar-refractivity contribution in [2.75, 3.05) is 10.8 Å². The Morgan fingerprint density at radius 1 is 1.36 bits per heavy atom. The van der Waals surface area contributed by atoms with E-state index in [2.05, 4.69) is 0 Å². The second-order valence-electron chi connectivity index (χ2n) is 3.19. The smallest absolute Gasteiger partial charge is 0.257 e. The molecule has 0 N–H and O–H groups in total. The van der Waals surface area contributed by atoms with E-state index in [9.17, 15) is 4.79 Å². The first kappa shape index (κ1) is 9.73. The largest absolute Gasteiger partial charge is 0.272 e. The molecule has 74 valence electrons. The topological polar surface area (TPSA) is 25.2 Å². The first-order valence-electron chi connectivity index (χ1n) is 4.26. The van der Waals surface area contributed by atoms with Crippen LogP contribution in [0.4, 0.5) is 0 Å². The zero-order chi connectivity index (χ0) is 10.3. The lowest BCUT2D eigenvalue weighted by molar-refractivity contribution is -0.116. The van der Waals surface area contributed by atoms with E-state index in [1.165, 1.54) is 11.8 Å². The molecular weight excluding hydrogens is 216 g/mol. The molecule has 0 spiro atoms. The Morgan fingerprint density at radius 2 is 1.93 bits per heavy atom. The fourth-order valence-corrected chi connectivity index (χ4v) is 2.55. The van der Waals surface area contributed by atoms with Gasteiger partial charge in [0.1, 0.15) is 0 Å². The summed E-state index contributed by atoms with van der Waals surface area (Å²) in [6.07, 6.45) is 0. The molecule has 1 aromatic rings. The highest BCUT2D eigenvalue weighted by Crippen LogP contribution is 2.21. The Balaban J connectivity index is 2.48. The predicted molar refractivity (Wildman–Crippen MR) is 62.2 cm³/mol. The number of aromatic nitrogens is 1. The summed E-state index contributed by atoms with van der Waals surface area (Å²) < 4.78 is 2.50. The molecule has 0 bridgehead atoms. The van der Waals surface area contributed by atoms with Crippen LogP contribution in [0.2, 0.25) is 0 Å². The van der Waals surface area contributed by atoms with Crippen molar-refractivity contribution >= 4 is 34.2 Å². The molecule has 2 heterocycles. The molecular formula is C9H10N2OS2. The number of rotatable bonds is 1. The Bertz CT molecular complexity index is 375. The van der Waals surface area contributed by atoms with Crippen molar-refractivity contribution in [3.05, 3.63) is 23.5 Å². The molecule has 0 unspecified atom stereocenters. The van der Waals surface area contributed by atoms with E-state index in [1.54, 1.807) is 5.01 Å². The highest BCUT2D eigenvalue weighted by Gasteiger charge is 2.29. The summed E-state index contributed by atoms with van der Waals surface area (Å²) in [4.78, 5) is 11.6. The molecule has 3 nitrogen and oxygen atoms in total. The van der Waals surface area contributed by atoms with Gasteiger partial charge in [-0.25, -0.2) is 0 Å². The molecule has 0 saturated carbocycles. The van der Waals surface area contributed by atoms with E-state index in [1.807, 2.05) is 30.7 Å². The van der Waals surface area contributed by atoms with Gasteiger partial charge >= 0.3 is 0 Å². The van der Waals surface area contributed by atoms with Gasteiger partial charge in [-0.3, -0.25) is 9.47 Å². The van der Waals surface area contributed by atoms with Crippen LogP contribution in [0.15, 0.2) is 12.1 Å². The molecule has 5 heteroatoms. The standard InChI is InChI=1S/C9H10N2OS2/c1-6-3-4-7(2)10(6)11-8(12)5-14-9(11)13/h3-4H,5H2,1-2H3. The molecule has 0 aliphatic carbocycles. The monoisotopic (exact) mass is 226 g/mol. The van der Waals surface area contributed by atoms with Gasteiger partial charge in [0, 0.05) is 11.4 Å². The van der Waals surface area contributed by atoms with Crippen molar-refractivity contribution in [3.8, 4) is 0 Å². The minimum absolute atomic E-state index is 0.0578. The number of hydrogen-bond acceptors (Lipinski definition) is 3. The molecule has 0 aromatic carbocycles. The van der Waals surface area contributed by atoms with E-state index in [0.29, 0.717) is 10.1 Å². The third-order valence-corrected chi connectivity index (χ3v) is 3.50. The van der Waals surface area contributed by atoms with E-state index in [-0.39, 0.29) is 5.91 Å². The van der Waals surface area contributed by atoms with E-state index < -0.39 is 0 Å². The summed E-state index contributed by atoms with van der Waals surface area (Å²) in [5.41, 5.74) is 2.06. The Hall–Kier alpha value is -0.810. The highest BCUT2D eigenvalue weighted by molar-refractivity contribution is 8.24. The van der Waals surface area contributed by atoms with Crippen molar-refractivity contribution in [3.63, 3.8) is 0 Å². The van der Waals surface area contributed by atoms with Crippen molar-refractivity contribution < 1.29 is 4.79 Å². The lowest BCUT2D eigenvalue weighted by Crippen LogP contribution is -2.39. The third-order valence-electron chi connectivity index (χ3n) is 2.16. The van der Waals surface area contributed by atoms with Crippen LogP contribution in [0.5, 0.6) is 0 Å². The van der Waals surface area contributed by atoms with Crippen LogP contribution in [0.25, 0.3) is 0 Å². The van der Waals surface area contributed by atoms with Crippen molar-refractivity contribution in [2.24, 2.45) is 0 Å². The number of carbonyl (C=O) groups is 1. The maximum Gasteiger partial charge on any atom is 0.257 e. The number of aryl methyl sites for hydroxylation is 2. The summed E-state index contributed by atoms with van der Waals surface area (Å²) in [5.74, 6) is 0.512. The van der Waals surface area contributed by atoms with Gasteiger partial charge in [-0.1, -0.05) is 24.0 Å². The molecule has 1 fully saturated rings. The van der Waals surface area contributed by atoms with E-state index >= 15 is 0 Å². The zero-order valence-corrected chi connectivity index (χ0v) is 9.61. The fraction of sp³-hybridized carbons (Fsp3) is 0.333. The average Bonchev–Trinajstić information content (AvgIpc) is 2.60. The molecule has 1 aliphatic rings. The molecule has 1 aromatic heterocycles. The van der Waals surface area contributed by atoms with Crippen molar-refractivity contribution in [2.45, 2.75) is 13.8 Å². The maximum atomic E-state index is 11.6. The lowest BCUT2D eigenvalue weighted by atomic mass is 10.5. The third kappa shape index (κ3) is 1.36. The summed E-state index contributed by atoms with van der Waals surface area (Å²) in [6, 6.07) is 3.96. The number of amides is 1. The van der Waals surface area contributed by atoms with Crippen molar-refractivity contribution in [1.29, 1.82) is 0 Å². The Morgan fingerprint density at radius 3 is 2.36 bits per heavy atom. The lowest BCUT2D eigenvalue weighted by Gasteiger charge is -2.20. The minimum Gasteiger partial charge on any atom is -0.272 e. The van der Waals surface area contributed by atoms with Crippen LogP contribution in [0.1, 0.15) is 11.4 Å². The van der Waals surface area contributed by atoms with Crippen LogP contribution in [0, 0.1) is 13.8 Å². The first-order chi connectivity index (χ1) is 6.61. The SMILES string of the molecule is Cc1ccc(C)n1N1C(=O)CSC1=S. The number of thiocarbonyl (C=S) groups is 1. The minimum atomic E-state index is 0.0578. The fourth-order valence-electron chi connectivity index (χ4n) is 1.52. The predicted octanol–water partition coefficient (Wildman–Crippen LogP) is 1.60. The summed E-state index contributed by atoms with van der Waals surface area (Å²) in [7, 11) is 0.